The van der Waals surface area contributed by atoms with E-state index in [0.29, 0.717) is 17.5 Å². The van der Waals surface area contributed by atoms with Crippen LogP contribution >= 0.6 is 0 Å². The maximum atomic E-state index is 9.85. The van der Waals surface area contributed by atoms with Crippen LogP contribution in [0, 0.1) is 5.41 Å². The fourth-order valence-corrected chi connectivity index (χ4v) is 4.56. The van der Waals surface area contributed by atoms with Crippen molar-refractivity contribution in [3.63, 3.8) is 0 Å². The van der Waals surface area contributed by atoms with Crippen LogP contribution in [0.3, 0.4) is 0 Å². The summed E-state index contributed by atoms with van der Waals surface area (Å²) in [6.45, 7) is 0.622. The Labute approximate surface area is 172 Å². The molecule has 2 aliphatic carbocycles. The summed E-state index contributed by atoms with van der Waals surface area (Å²) in [5.74, 6) is 0.170. The summed E-state index contributed by atoms with van der Waals surface area (Å²) >= 11 is 0. The number of rotatable bonds is 4. The lowest BCUT2D eigenvalue weighted by atomic mass is 9.75. The highest BCUT2D eigenvalue weighted by Crippen LogP contribution is 2.47. The van der Waals surface area contributed by atoms with E-state index in [1.165, 1.54) is 61.4 Å². The Kier molecular flexibility index (Phi) is 5.65. The minimum absolute atomic E-state index is 0.299. The number of ether oxygens (including phenoxy) is 1. The van der Waals surface area contributed by atoms with Gasteiger partial charge in [-0.3, -0.25) is 0 Å². The fourth-order valence-electron chi connectivity index (χ4n) is 4.56. The first kappa shape index (κ1) is 19.6. The highest BCUT2D eigenvalue weighted by Gasteiger charge is 2.34. The minimum atomic E-state index is -0.950. The van der Waals surface area contributed by atoms with E-state index in [4.69, 9.17) is 14.0 Å². The van der Waals surface area contributed by atoms with E-state index in [1.807, 2.05) is 12.1 Å². The fraction of sp³-hybridized carbons (Fsp3) is 0.455. The van der Waals surface area contributed by atoms with Crippen LogP contribution in [0.15, 0.2) is 60.2 Å². The first-order valence-electron chi connectivity index (χ1n) is 10.3. The van der Waals surface area contributed by atoms with E-state index < -0.39 is 7.12 Å². The van der Waals surface area contributed by atoms with E-state index in [-0.39, 0.29) is 11.9 Å². The maximum absolute atomic E-state index is 9.85. The first-order chi connectivity index (χ1) is 14.0. The zero-order valence-corrected chi connectivity index (χ0v) is 16.8. The average molecular weight is 397 g/mol. The number of hydrogen-bond donors (Lipinski definition) is 2. The molecular formula is C22H28BNO5. The summed E-state index contributed by atoms with van der Waals surface area (Å²) in [6.07, 6.45) is 14.2. The maximum Gasteiger partial charge on any atom is 0.636 e. The molecule has 3 aliphatic rings. The average Bonchev–Trinajstić information content (AvgIpc) is 3.12. The lowest BCUT2D eigenvalue weighted by molar-refractivity contribution is 0.124. The van der Waals surface area contributed by atoms with Gasteiger partial charge in [-0.05, 0) is 55.2 Å². The van der Waals surface area contributed by atoms with Gasteiger partial charge in [-0.1, -0.05) is 31.1 Å². The lowest BCUT2D eigenvalue weighted by Gasteiger charge is -2.31. The Morgan fingerprint density at radius 2 is 1.62 bits per heavy atom. The Bertz CT molecular complexity index is 789. The molecule has 1 spiro atoms. The normalized spacial score (nSPS) is 23.1. The molecule has 29 heavy (non-hydrogen) atoms. The number of nitrogens with zero attached hydrogens (tertiary/aromatic N) is 1. The SMILES string of the molecule is CN1C=C(O)OB(c2ccc(OCC3=CC4(CCCC4)CCC3)cc2)O/C(O)=C\1. The molecule has 7 heteroatoms. The number of aliphatic hydroxyl groups excluding tert-OH is 2. The van der Waals surface area contributed by atoms with Crippen LogP contribution < -0.4 is 10.2 Å². The standard InChI is InChI=1S/C22H28BNO5/c1-24-14-20(25)28-23(29-21(26)15-24)18-6-8-19(9-7-18)27-16-17-5-4-12-22(13-17)10-2-3-11-22/h6-9,13-15,25-26H,2-5,10-12,16H2,1H3/b20-14-,21-15?. The van der Waals surface area contributed by atoms with E-state index in [9.17, 15) is 10.2 Å². The molecule has 1 saturated carbocycles. The van der Waals surface area contributed by atoms with E-state index in [0.717, 1.165) is 12.2 Å². The first-order valence-corrected chi connectivity index (χ1v) is 10.3. The van der Waals surface area contributed by atoms with Crippen molar-refractivity contribution in [1.82, 2.24) is 4.90 Å². The van der Waals surface area contributed by atoms with Crippen molar-refractivity contribution in [2.24, 2.45) is 5.41 Å². The monoisotopic (exact) mass is 397 g/mol. The van der Waals surface area contributed by atoms with Gasteiger partial charge in [0.25, 0.3) is 11.9 Å². The predicted octanol–water partition coefficient (Wildman–Crippen LogP) is 4.12. The molecule has 0 bridgehead atoms. The molecule has 0 atom stereocenters. The zero-order chi connectivity index (χ0) is 20.3. The molecule has 154 valence electrons. The van der Waals surface area contributed by atoms with Crippen molar-refractivity contribution in [2.75, 3.05) is 13.7 Å². The Balaban J connectivity index is 1.38. The van der Waals surface area contributed by atoms with Crippen molar-refractivity contribution in [1.29, 1.82) is 0 Å². The summed E-state index contributed by atoms with van der Waals surface area (Å²) in [5, 5.41) is 19.7. The van der Waals surface area contributed by atoms with Crippen LogP contribution in [0.5, 0.6) is 5.75 Å². The number of benzene rings is 1. The molecular weight excluding hydrogens is 369 g/mol. The predicted molar refractivity (Wildman–Crippen MR) is 112 cm³/mol. The van der Waals surface area contributed by atoms with E-state index in [1.54, 1.807) is 19.2 Å². The quantitative estimate of drug-likeness (QED) is 0.588. The van der Waals surface area contributed by atoms with Gasteiger partial charge in [-0.2, -0.15) is 0 Å². The van der Waals surface area contributed by atoms with Gasteiger partial charge < -0.3 is 29.2 Å². The Morgan fingerprint density at radius 1 is 1.00 bits per heavy atom. The molecule has 0 radical (unpaired) electrons. The zero-order valence-electron chi connectivity index (χ0n) is 16.8. The third-order valence-electron chi connectivity index (χ3n) is 5.94. The van der Waals surface area contributed by atoms with Crippen LogP contribution in [-0.4, -0.2) is 35.9 Å². The van der Waals surface area contributed by atoms with Gasteiger partial charge in [-0.15, -0.1) is 0 Å². The van der Waals surface area contributed by atoms with Crippen molar-refractivity contribution in [3.05, 3.63) is 60.2 Å². The summed E-state index contributed by atoms with van der Waals surface area (Å²) in [4.78, 5) is 1.44. The molecule has 6 nitrogen and oxygen atoms in total. The van der Waals surface area contributed by atoms with E-state index in [2.05, 4.69) is 6.08 Å². The summed E-state index contributed by atoms with van der Waals surface area (Å²) in [7, 11) is 0.690. The Morgan fingerprint density at radius 3 is 2.28 bits per heavy atom. The Hall–Kier alpha value is -2.70. The van der Waals surface area contributed by atoms with Crippen LogP contribution in [0.1, 0.15) is 44.9 Å². The third-order valence-corrected chi connectivity index (χ3v) is 5.94. The number of hydrogen-bond acceptors (Lipinski definition) is 6. The molecule has 1 aliphatic heterocycles. The smallest absolute Gasteiger partial charge is 0.494 e. The molecule has 1 heterocycles. The van der Waals surface area contributed by atoms with E-state index >= 15 is 0 Å². The molecule has 0 saturated heterocycles. The lowest BCUT2D eigenvalue weighted by Crippen LogP contribution is -2.37. The van der Waals surface area contributed by atoms with Crippen molar-refractivity contribution in [3.8, 4) is 5.75 Å². The van der Waals surface area contributed by atoms with Gasteiger partial charge in [0.05, 0.1) is 12.4 Å². The van der Waals surface area contributed by atoms with Gasteiger partial charge in [0.2, 0.25) is 0 Å². The summed E-state index contributed by atoms with van der Waals surface area (Å²) in [5.41, 5.74) is 2.50. The van der Waals surface area contributed by atoms with Gasteiger partial charge in [0, 0.05) is 12.5 Å². The van der Waals surface area contributed by atoms with Gasteiger partial charge >= 0.3 is 7.12 Å². The largest absolute Gasteiger partial charge is 0.636 e. The minimum Gasteiger partial charge on any atom is -0.494 e. The summed E-state index contributed by atoms with van der Waals surface area (Å²) < 4.78 is 16.8. The molecule has 4 rings (SSSR count). The highest BCUT2D eigenvalue weighted by molar-refractivity contribution is 6.61. The molecule has 2 N–H and O–H groups in total. The molecule has 0 aromatic heterocycles. The second-order valence-electron chi connectivity index (χ2n) is 8.25. The van der Waals surface area contributed by atoms with Crippen molar-refractivity contribution < 1.29 is 24.3 Å². The second kappa shape index (κ2) is 8.35. The van der Waals surface area contributed by atoms with Crippen LogP contribution in [0.4, 0.5) is 0 Å². The summed E-state index contributed by atoms with van der Waals surface area (Å²) in [6, 6.07) is 7.31. The molecule has 0 amide bonds. The number of aliphatic hydroxyl groups is 2. The highest BCUT2D eigenvalue weighted by atomic mass is 16.7. The van der Waals surface area contributed by atoms with Crippen molar-refractivity contribution >= 4 is 12.6 Å². The molecule has 1 aromatic rings. The van der Waals surface area contributed by atoms with Gasteiger partial charge in [0.15, 0.2) is 0 Å². The topological polar surface area (TPSA) is 71.4 Å². The third kappa shape index (κ3) is 4.84. The molecule has 1 fully saturated rings. The van der Waals surface area contributed by atoms with Crippen molar-refractivity contribution in [2.45, 2.75) is 44.9 Å². The van der Waals surface area contributed by atoms with Crippen LogP contribution in [0.2, 0.25) is 0 Å². The van der Waals surface area contributed by atoms with Gasteiger partial charge in [0.1, 0.15) is 12.4 Å². The molecule has 1 aromatic carbocycles. The van der Waals surface area contributed by atoms with Crippen LogP contribution in [0.25, 0.3) is 0 Å². The number of allylic oxidation sites excluding steroid dienone is 1. The van der Waals surface area contributed by atoms with Gasteiger partial charge in [-0.25, -0.2) is 0 Å². The van der Waals surface area contributed by atoms with Crippen LogP contribution in [-0.2, 0) is 9.31 Å². The molecule has 0 unspecified atom stereocenters. The second-order valence-corrected chi connectivity index (χ2v) is 8.25.